The van der Waals surface area contributed by atoms with Gasteiger partial charge in [0.15, 0.2) is 0 Å². The molecule has 1 aromatic carbocycles. The average molecular weight is 350 g/mol. The lowest BCUT2D eigenvalue weighted by atomic mass is 9.96. The fourth-order valence-corrected chi connectivity index (χ4v) is 2.12. The van der Waals surface area contributed by atoms with Crippen LogP contribution in [0, 0.1) is 6.92 Å². The lowest BCUT2D eigenvalue weighted by Gasteiger charge is -2.19. The van der Waals surface area contributed by atoms with Crippen molar-refractivity contribution in [3.05, 3.63) is 40.1 Å². The number of hydrogen-bond donors (Lipinski definition) is 3. The second-order valence-corrected chi connectivity index (χ2v) is 6.80. The summed E-state index contributed by atoms with van der Waals surface area (Å²) in [5, 5.41) is 3.28. The highest BCUT2D eigenvalue weighted by Crippen LogP contribution is 2.26. The lowest BCUT2D eigenvalue weighted by Crippen LogP contribution is -2.19. The van der Waals surface area contributed by atoms with Gasteiger partial charge in [-0.25, -0.2) is 15.8 Å². The van der Waals surface area contributed by atoms with Gasteiger partial charge in [-0.2, -0.15) is 0 Å². The number of hydrazine groups is 1. The predicted octanol–water partition coefficient (Wildman–Crippen LogP) is 3.87. The Kier molecular flexibility index (Phi) is 4.49. The van der Waals surface area contributed by atoms with Crippen LogP contribution in [0.2, 0.25) is 0 Å². The minimum absolute atomic E-state index is 0.156. The van der Waals surface area contributed by atoms with Gasteiger partial charge in [0.05, 0.1) is 0 Å². The standard InChI is InChI=1S/C15H20BrN5/c1-9-5-6-10(7-11(9)16)18-12-8-13(21-17)20-14(19-12)15(2,3)4/h5-8H,17H2,1-4H3,(H2,18,19,20,21). The number of anilines is 3. The fraction of sp³-hybridized carbons (Fsp3) is 0.333. The summed E-state index contributed by atoms with van der Waals surface area (Å²) in [6.07, 6.45) is 0. The van der Waals surface area contributed by atoms with Gasteiger partial charge < -0.3 is 10.7 Å². The third-order valence-electron chi connectivity index (χ3n) is 2.99. The Morgan fingerprint density at radius 2 is 1.76 bits per heavy atom. The van der Waals surface area contributed by atoms with E-state index in [-0.39, 0.29) is 5.41 Å². The molecule has 0 spiro atoms. The van der Waals surface area contributed by atoms with E-state index >= 15 is 0 Å². The summed E-state index contributed by atoms with van der Waals surface area (Å²) in [7, 11) is 0. The van der Waals surface area contributed by atoms with Crippen molar-refractivity contribution in [2.24, 2.45) is 5.84 Å². The summed E-state index contributed by atoms with van der Waals surface area (Å²) in [6.45, 7) is 8.24. The fourth-order valence-electron chi connectivity index (χ4n) is 1.74. The minimum Gasteiger partial charge on any atom is -0.340 e. The van der Waals surface area contributed by atoms with E-state index in [1.807, 2.05) is 25.1 Å². The molecule has 0 saturated carbocycles. The van der Waals surface area contributed by atoms with Gasteiger partial charge in [0, 0.05) is 21.6 Å². The molecule has 0 aliphatic carbocycles. The van der Waals surface area contributed by atoms with Crippen LogP contribution < -0.4 is 16.6 Å². The van der Waals surface area contributed by atoms with Crippen LogP contribution in [-0.2, 0) is 5.41 Å². The van der Waals surface area contributed by atoms with Crippen LogP contribution in [0.4, 0.5) is 17.3 Å². The van der Waals surface area contributed by atoms with Gasteiger partial charge in [-0.1, -0.05) is 42.8 Å². The topological polar surface area (TPSA) is 75.9 Å². The van der Waals surface area contributed by atoms with E-state index in [9.17, 15) is 0 Å². The van der Waals surface area contributed by atoms with Gasteiger partial charge in [-0.05, 0) is 24.6 Å². The zero-order valence-corrected chi connectivity index (χ0v) is 14.2. The first-order chi connectivity index (χ1) is 9.79. The van der Waals surface area contributed by atoms with E-state index in [4.69, 9.17) is 5.84 Å². The third kappa shape index (κ3) is 3.92. The van der Waals surface area contributed by atoms with Crippen molar-refractivity contribution in [1.29, 1.82) is 0 Å². The first-order valence-corrected chi connectivity index (χ1v) is 7.48. The Balaban J connectivity index is 2.36. The van der Waals surface area contributed by atoms with Crippen LogP contribution in [-0.4, -0.2) is 9.97 Å². The number of benzene rings is 1. The third-order valence-corrected chi connectivity index (χ3v) is 3.84. The molecule has 0 fully saturated rings. The molecule has 2 aromatic rings. The highest BCUT2D eigenvalue weighted by Gasteiger charge is 2.19. The second kappa shape index (κ2) is 5.99. The van der Waals surface area contributed by atoms with Crippen molar-refractivity contribution in [1.82, 2.24) is 9.97 Å². The molecular weight excluding hydrogens is 330 g/mol. The Hall–Kier alpha value is -1.66. The van der Waals surface area contributed by atoms with Gasteiger partial charge in [0.25, 0.3) is 0 Å². The maximum atomic E-state index is 5.49. The summed E-state index contributed by atoms with van der Waals surface area (Å²) < 4.78 is 1.05. The van der Waals surface area contributed by atoms with Crippen LogP contribution in [0.25, 0.3) is 0 Å². The number of halogens is 1. The Morgan fingerprint density at radius 1 is 1.10 bits per heavy atom. The molecule has 2 rings (SSSR count). The van der Waals surface area contributed by atoms with Crippen molar-refractivity contribution < 1.29 is 0 Å². The van der Waals surface area contributed by atoms with E-state index < -0.39 is 0 Å². The number of hydrogen-bond acceptors (Lipinski definition) is 5. The maximum Gasteiger partial charge on any atom is 0.145 e. The van der Waals surface area contributed by atoms with Gasteiger partial charge in [0.2, 0.25) is 0 Å². The van der Waals surface area contributed by atoms with E-state index in [0.717, 1.165) is 16.0 Å². The number of rotatable bonds is 3. The van der Waals surface area contributed by atoms with Crippen LogP contribution in [0.3, 0.4) is 0 Å². The van der Waals surface area contributed by atoms with Gasteiger partial charge >= 0.3 is 0 Å². The quantitative estimate of drug-likeness (QED) is 0.579. The summed E-state index contributed by atoms with van der Waals surface area (Å²) in [5.74, 6) is 7.51. The van der Waals surface area contributed by atoms with Crippen molar-refractivity contribution in [3.63, 3.8) is 0 Å². The maximum absolute atomic E-state index is 5.49. The van der Waals surface area contributed by atoms with Crippen molar-refractivity contribution in [2.75, 3.05) is 10.7 Å². The molecular formula is C15H20BrN5. The highest BCUT2D eigenvalue weighted by atomic mass is 79.9. The number of nitrogens with one attached hydrogen (secondary N) is 2. The Bertz CT molecular complexity index is 649. The Labute approximate surface area is 133 Å². The van der Waals surface area contributed by atoms with Crippen molar-refractivity contribution >= 4 is 33.3 Å². The number of nitrogen functional groups attached to an aromatic ring is 1. The zero-order valence-electron chi connectivity index (χ0n) is 12.7. The summed E-state index contributed by atoms with van der Waals surface area (Å²) in [6, 6.07) is 7.85. The van der Waals surface area contributed by atoms with E-state index in [1.54, 1.807) is 6.07 Å². The average Bonchev–Trinajstić information content (AvgIpc) is 2.41. The smallest absolute Gasteiger partial charge is 0.145 e. The number of aryl methyl sites for hydroxylation is 1. The van der Waals surface area contributed by atoms with Gasteiger partial charge in [0.1, 0.15) is 17.5 Å². The van der Waals surface area contributed by atoms with E-state index in [0.29, 0.717) is 11.6 Å². The molecule has 0 aliphatic heterocycles. The molecule has 0 bridgehead atoms. The summed E-state index contributed by atoms with van der Waals surface area (Å²) >= 11 is 3.53. The second-order valence-electron chi connectivity index (χ2n) is 5.95. The normalized spacial score (nSPS) is 11.3. The van der Waals surface area contributed by atoms with Crippen LogP contribution >= 0.6 is 15.9 Å². The van der Waals surface area contributed by atoms with Gasteiger partial charge in [-0.15, -0.1) is 0 Å². The molecule has 1 aromatic heterocycles. The zero-order chi connectivity index (χ0) is 15.6. The Morgan fingerprint density at radius 3 is 2.33 bits per heavy atom. The predicted molar refractivity (Wildman–Crippen MR) is 90.7 cm³/mol. The van der Waals surface area contributed by atoms with Crippen molar-refractivity contribution in [3.8, 4) is 0 Å². The molecule has 4 N–H and O–H groups in total. The molecule has 5 nitrogen and oxygen atoms in total. The number of nitrogens with zero attached hydrogens (tertiary/aromatic N) is 2. The molecule has 0 unspecified atom stereocenters. The molecule has 0 saturated heterocycles. The molecule has 0 amide bonds. The minimum atomic E-state index is -0.156. The van der Waals surface area contributed by atoms with Crippen LogP contribution in [0.5, 0.6) is 0 Å². The lowest BCUT2D eigenvalue weighted by molar-refractivity contribution is 0.547. The monoisotopic (exact) mass is 349 g/mol. The first-order valence-electron chi connectivity index (χ1n) is 6.69. The number of aromatic nitrogens is 2. The molecule has 1 heterocycles. The molecule has 0 aliphatic rings. The van der Waals surface area contributed by atoms with Crippen LogP contribution in [0.15, 0.2) is 28.7 Å². The molecule has 21 heavy (non-hydrogen) atoms. The highest BCUT2D eigenvalue weighted by molar-refractivity contribution is 9.10. The summed E-state index contributed by atoms with van der Waals surface area (Å²) in [4.78, 5) is 8.97. The number of nitrogens with two attached hydrogens (primary N) is 1. The van der Waals surface area contributed by atoms with E-state index in [2.05, 4.69) is 57.4 Å². The van der Waals surface area contributed by atoms with E-state index in [1.165, 1.54) is 5.56 Å². The van der Waals surface area contributed by atoms with Gasteiger partial charge in [-0.3, -0.25) is 0 Å². The SMILES string of the molecule is Cc1ccc(Nc2cc(NN)nc(C(C)(C)C)n2)cc1Br. The largest absolute Gasteiger partial charge is 0.340 e. The molecule has 112 valence electrons. The molecule has 6 heteroatoms. The van der Waals surface area contributed by atoms with Crippen molar-refractivity contribution in [2.45, 2.75) is 33.1 Å². The summed E-state index contributed by atoms with van der Waals surface area (Å²) in [5.41, 5.74) is 4.57. The van der Waals surface area contributed by atoms with Crippen LogP contribution in [0.1, 0.15) is 32.2 Å². The first kappa shape index (κ1) is 15.7. The molecule has 0 radical (unpaired) electrons. The molecule has 0 atom stereocenters.